The number of anilines is 1. The second-order valence-corrected chi connectivity index (χ2v) is 7.17. The molecule has 0 saturated heterocycles. The number of nitrogens with one attached hydrogen (secondary N) is 1. The number of rotatable bonds is 6. The van der Waals surface area contributed by atoms with E-state index in [0.29, 0.717) is 10.7 Å². The van der Waals surface area contributed by atoms with Gasteiger partial charge in [-0.15, -0.1) is 5.10 Å². The van der Waals surface area contributed by atoms with Crippen LogP contribution >= 0.6 is 11.8 Å². The summed E-state index contributed by atoms with van der Waals surface area (Å²) < 4.78 is 1.56. The Morgan fingerprint density at radius 2 is 1.96 bits per heavy atom. The number of benzene rings is 2. The van der Waals surface area contributed by atoms with Gasteiger partial charge < -0.3 is 5.32 Å². The van der Waals surface area contributed by atoms with Crippen LogP contribution in [0.3, 0.4) is 0 Å². The number of para-hydroxylation sites is 1. The van der Waals surface area contributed by atoms with Gasteiger partial charge in [0.25, 0.3) is 5.69 Å². The Morgan fingerprint density at radius 3 is 2.68 bits per heavy atom. The molecule has 0 bridgehead atoms. The third-order valence-corrected chi connectivity index (χ3v) is 4.96. The van der Waals surface area contributed by atoms with Gasteiger partial charge in [-0.2, -0.15) is 4.68 Å². The van der Waals surface area contributed by atoms with Crippen LogP contribution in [0.5, 0.6) is 0 Å². The molecule has 1 heterocycles. The minimum Gasteiger partial charge on any atom is -0.319 e. The van der Waals surface area contributed by atoms with Crippen LogP contribution < -0.4 is 5.32 Å². The minimum atomic E-state index is -0.499. The average Bonchev–Trinajstić information content (AvgIpc) is 3.10. The van der Waals surface area contributed by atoms with Gasteiger partial charge in [0, 0.05) is 6.07 Å². The predicted octanol–water partition coefficient (Wildman–Crippen LogP) is 3.23. The van der Waals surface area contributed by atoms with Gasteiger partial charge in [-0.1, -0.05) is 36.0 Å². The molecular formula is C18H18N6O3S. The Kier molecular flexibility index (Phi) is 5.69. The van der Waals surface area contributed by atoms with Crippen molar-refractivity contribution in [1.82, 2.24) is 20.2 Å². The molecule has 1 N–H and O–H groups in total. The van der Waals surface area contributed by atoms with Crippen LogP contribution in [0.2, 0.25) is 0 Å². The van der Waals surface area contributed by atoms with Crippen LogP contribution in [-0.2, 0) is 4.79 Å². The first kappa shape index (κ1) is 19.5. The standard InChI is InChI=1S/C18H18N6O3S/c1-11-8-13(3)17(15(9-11)24(26)27)19-16(25)10-28-18-20-21-22-23(18)14-7-5-4-6-12(14)2/h4-9H,10H2,1-3H3,(H,19,25). The lowest BCUT2D eigenvalue weighted by Gasteiger charge is -2.10. The fraction of sp³-hybridized carbons (Fsp3) is 0.222. The molecule has 3 aromatic rings. The number of hydrogen-bond donors (Lipinski definition) is 1. The Balaban J connectivity index is 1.75. The van der Waals surface area contributed by atoms with Crippen LogP contribution in [0.25, 0.3) is 5.69 Å². The number of tetrazole rings is 1. The van der Waals surface area contributed by atoms with E-state index in [1.165, 1.54) is 6.07 Å². The van der Waals surface area contributed by atoms with Crippen molar-refractivity contribution in [3.8, 4) is 5.69 Å². The molecule has 0 fully saturated rings. The van der Waals surface area contributed by atoms with Crippen LogP contribution in [0.4, 0.5) is 11.4 Å². The Hall–Kier alpha value is -3.27. The molecule has 0 radical (unpaired) electrons. The SMILES string of the molecule is Cc1cc(C)c(NC(=O)CSc2nnnn2-c2ccccc2C)c([N+](=O)[O-])c1. The van der Waals surface area contributed by atoms with Crippen molar-refractivity contribution in [2.45, 2.75) is 25.9 Å². The molecule has 2 aromatic carbocycles. The van der Waals surface area contributed by atoms with Crippen LogP contribution in [-0.4, -0.2) is 36.8 Å². The van der Waals surface area contributed by atoms with Gasteiger partial charge in [0.2, 0.25) is 11.1 Å². The predicted molar refractivity (Wildman–Crippen MR) is 106 cm³/mol. The Morgan fingerprint density at radius 1 is 1.21 bits per heavy atom. The molecule has 0 atom stereocenters. The van der Waals surface area contributed by atoms with E-state index in [4.69, 9.17) is 0 Å². The number of aryl methyl sites for hydroxylation is 3. The van der Waals surface area contributed by atoms with Crippen molar-refractivity contribution in [3.05, 3.63) is 63.2 Å². The number of carbonyl (C=O) groups is 1. The van der Waals surface area contributed by atoms with Crippen LogP contribution in [0.1, 0.15) is 16.7 Å². The first-order valence-electron chi connectivity index (χ1n) is 8.39. The zero-order valence-electron chi connectivity index (χ0n) is 15.5. The Bertz CT molecular complexity index is 1050. The van der Waals surface area contributed by atoms with E-state index in [0.717, 1.165) is 28.6 Å². The van der Waals surface area contributed by atoms with E-state index < -0.39 is 4.92 Å². The van der Waals surface area contributed by atoms with E-state index in [-0.39, 0.29) is 23.0 Å². The van der Waals surface area contributed by atoms with Gasteiger partial charge in [0.15, 0.2) is 0 Å². The molecule has 10 heteroatoms. The van der Waals surface area contributed by atoms with Crippen molar-refractivity contribution in [2.24, 2.45) is 0 Å². The van der Waals surface area contributed by atoms with Gasteiger partial charge in [-0.25, -0.2) is 0 Å². The molecule has 144 valence electrons. The quantitative estimate of drug-likeness (QED) is 0.385. The number of carbonyl (C=O) groups excluding carboxylic acids is 1. The van der Waals surface area contributed by atoms with Crippen molar-refractivity contribution in [2.75, 3.05) is 11.1 Å². The highest BCUT2D eigenvalue weighted by Gasteiger charge is 2.20. The molecule has 0 aliphatic heterocycles. The summed E-state index contributed by atoms with van der Waals surface area (Å²) in [5.74, 6) is -0.365. The van der Waals surface area contributed by atoms with Gasteiger partial charge >= 0.3 is 0 Å². The number of thioether (sulfide) groups is 1. The molecular weight excluding hydrogens is 380 g/mol. The van der Waals surface area contributed by atoms with Crippen molar-refractivity contribution >= 4 is 29.0 Å². The number of nitro groups is 1. The largest absolute Gasteiger partial charge is 0.319 e. The van der Waals surface area contributed by atoms with E-state index in [9.17, 15) is 14.9 Å². The van der Waals surface area contributed by atoms with Gasteiger partial charge in [-0.05, 0) is 54.0 Å². The van der Waals surface area contributed by atoms with Gasteiger partial charge in [0.05, 0.1) is 16.4 Å². The monoisotopic (exact) mass is 398 g/mol. The average molecular weight is 398 g/mol. The molecule has 1 aromatic heterocycles. The lowest BCUT2D eigenvalue weighted by Crippen LogP contribution is -2.16. The van der Waals surface area contributed by atoms with Crippen molar-refractivity contribution < 1.29 is 9.72 Å². The normalized spacial score (nSPS) is 10.7. The molecule has 3 rings (SSSR count). The second kappa shape index (κ2) is 8.17. The summed E-state index contributed by atoms with van der Waals surface area (Å²) in [6, 6.07) is 10.8. The fourth-order valence-corrected chi connectivity index (χ4v) is 3.46. The summed E-state index contributed by atoms with van der Waals surface area (Å²) in [7, 11) is 0. The lowest BCUT2D eigenvalue weighted by atomic mass is 10.1. The number of nitro benzene ring substituents is 1. The number of hydrogen-bond acceptors (Lipinski definition) is 7. The minimum absolute atomic E-state index is 0.0106. The zero-order chi connectivity index (χ0) is 20.3. The smallest absolute Gasteiger partial charge is 0.293 e. The summed E-state index contributed by atoms with van der Waals surface area (Å²) in [5, 5.41) is 26.0. The molecule has 28 heavy (non-hydrogen) atoms. The molecule has 0 aliphatic rings. The van der Waals surface area contributed by atoms with E-state index in [1.54, 1.807) is 24.6 Å². The van der Waals surface area contributed by atoms with Crippen molar-refractivity contribution in [3.63, 3.8) is 0 Å². The third-order valence-electron chi connectivity index (χ3n) is 4.04. The van der Waals surface area contributed by atoms with Gasteiger partial charge in [-0.3, -0.25) is 14.9 Å². The first-order chi connectivity index (χ1) is 13.4. The molecule has 0 spiro atoms. The van der Waals surface area contributed by atoms with Gasteiger partial charge in [0.1, 0.15) is 5.69 Å². The highest BCUT2D eigenvalue weighted by atomic mass is 32.2. The molecule has 0 unspecified atom stereocenters. The summed E-state index contributed by atoms with van der Waals surface area (Å²) in [6.07, 6.45) is 0. The van der Waals surface area contributed by atoms with E-state index in [1.807, 2.05) is 31.2 Å². The fourth-order valence-electron chi connectivity index (χ4n) is 2.78. The highest BCUT2D eigenvalue weighted by molar-refractivity contribution is 7.99. The first-order valence-corrected chi connectivity index (χ1v) is 9.38. The maximum atomic E-state index is 12.4. The molecule has 0 aliphatic carbocycles. The number of aromatic nitrogens is 4. The molecule has 0 saturated carbocycles. The third kappa shape index (κ3) is 4.17. The zero-order valence-corrected chi connectivity index (χ0v) is 16.4. The Labute approximate surface area is 165 Å². The van der Waals surface area contributed by atoms with E-state index in [2.05, 4.69) is 20.8 Å². The number of amides is 1. The summed E-state index contributed by atoms with van der Waals surface area (Å²) in [6.45, 7) is 5.44. The molecule has 1 amide bonds. The summed E-state index contributed by atoms with van der Waals surface area (Å²) >= 11 is 1.15. The second-order valence-electron chi connectivity index (χ2n) is 6.23. The van der Waals surface area contributed by atoms with E-state index >= 15 is 0 Å². The summed E-state index contributed by atoms with van der Waals surface area (Å²) in [5.41, 5.74) is 3.29. The maximum absolute atomic E-state index is 12.4. The maximum Gasteiger partial charge on any atom is 0.293 e. The molecule has 9 nitrogen and oxygen atoms in total. The topological polar surface area (TPSA) is 116 Å². The summed E-state index contributed by atoms with van der Waals surface area (Å²) in [4.78, 5) is 23.2. The van der Waals surface area contributed by atoms with Crippen molar-refractivity contribution in [1.29, 1.82) is 0 Å². The number of nitrogens with zero attached hydrogens (tertiary/aromatic N) is 5. The van der Waals surface area contributed by atoms with Crippen LogP contribution in [0, 0.1) is 30.9 Å². The highest BCUT2D eigenvalue weighted by Crippen LogP contribution is 2.30. The van der Waals surface area contributed by atoms with Crippen LogP contribution in [0.15, 0.2) is 41.6 Å². The lowest BCUT2D eigenvalue weighted by molar-refractivity contribution is -0.384.